The summed E-state index contributed by atoms with van der Waals surface area (Å²) >= 11 is 0. The summed E-state index contributed by atoms with van der Waals surface area (Å²) in [7, 11) is 0. The van der Waals surface area contributed by atoms with Crippen LogP contribution in [0.15, 0.2) is 30.3 Å². The van der Waals surface area contributed by atoms with E-state index in [0.29, 0.717) is 13.1 Å². The van der Waals surface area contributed by atoms with Gasteiger partial charge < -0.3 is 15.0 Å². The zero-order valence-electron chi connectivity index (χ0n) is 16.1. The standard InChI is InChI=1S/C20H31N3O3/c1-16(2)20(25)23(15-18-7-5-4-6-8-18)17(3)19(24)21-9-10-22-11-13-26-14-12-22/h4-8,16-17H,9-15H2,1-3H3,(H,21,24)/t17-/m1/s1. The van der Waals surface area contributed by atoms with Crippen molar-refractivity contribution in [1.29, 1.82) is 0 Å². The van der Waals surface area contributed by atoms with Gasteiger partial charge in [-0.3, -0.25) is 14.5 Å². The van der Waals surface area contributed by atoms with Crippen molar-refractivity contribution in [2.75, 3.05) is 39.4 Å². The van der Waals surface area contributed by atoms with Crippen LogP contribution >= 0.6 is 0 Å². The van der Waals surface area contributed by atoms with Crippen LogP contribution in [0.3, 0.4) is 0 Å². The van der Waals surface area contributed by atoms with Crippen LogP contribution in [0.25, 0.3) is 0 Å². The SMILES string of the molecule is CC(C)C(=O)N(Cc1ccccc1)[C@H](C)C(=O)NCCN1CCOCC1. The van der Waals surface area contributed by atoms with Crippen LogP contribution in [0, 0.1) is 5.92 Å². The number of rotatable bonds is 8. The molecule has 1 saturated heterocycles. The number of nitrogens with one attached hydrogen (secondary N) is 1. The highest BCUT2D eigenvalue weighted by Crippen LogP contribution is 2.13. The van der Waals surface area contributed by atoms with Crippen molar-refractivity contribution < 1.29 is 14.3 Å². The molecule has 1 heterocycles. The van der Waals surface area contributed by atoms with E-state index in [9.17, 15) is 9.59 Å². The van der Waals surface area contributed by atoms with Gasteiger partial charge in [-0.25, -0.2) is 0 Å². The summed E-state index contributed by atoms with van der Waals surface area (Å²) in [5.41, 5.74) is 1.02. The zero-order valence-corrected chi connectivity index (χ0v) is 16.1. The van der Waals surface area contributed by atoms with Crippen LogP contribution in [0.1, 0.15) is 26.3 Å². The van der Waals surface area contributed by atoms with Crippen LogP contribution in [-0.2, 0) is 20.9 Å². The maximum Gasteiger partial charge on any atom is 0.242 e. The molecule has 26 heavy (non-hydrogen) atoms. The van der Waals surface area contributed by atoms with E-state index in [-0.39, 0.29) is 17.7 Å². The predicted octanol–water partition coefficient (Wildman–Crippen LogP) is 1.51. The van der Waals surface area contributed by atoms with Gasteiger partial charge in [0.1, 0.15) is 6.04 Å². The maximum absolute atomic E-state index is 12.6. The Morgan fingerprint density at radius 3 is 2.42 bits per heavy atom. The summed E-state index contributed by atoms with van der Waals surface area (Å²) in [4.78, 5) is 29.2. The summed E-state index contributed by atoms with van der Waals surface area (Å²) in [6.45, 7) is 10.7. The van der Waals surface area contributed by atoms with E-state index in [2.05, 4.69) is 10.2 Å². The lowest BCUT2D eigenvalue weighted by atomic mass is 10.1. The van der Waals surface area contributed by atoms with Gasteiger partial charge >= 0.3 is 0 Å². The molecule has 2 amide bonds. The van der Waals surface area contributed by atoms with Crippen LogP contribution in [0.5, 0.6) is 0 Å². The summed E-state index contributed by atoms with van der Waals surface area (Å²) in [6, 6.07) is 9.28. The fraction of sp³-hybridized carbons (Fsp3) is 0.600. The molecule has 1 aromatic rings. The van der Waals surface area contributed by atoms with E-state index in [4.69, 9.17) is 4.74 Å². The van der Waals surface area contributed by atoms with E-state index in [1.165, 1.54) is 0 Å². The van der Waals surface area contributed by atoms with Crippen molar-refractivity contribution in [1.82, 2.24) is 15.1 Å². The number of ether oxygens (including phenoxy) is 1. The summed E-state index contributed by atoms with van der Waals surface area (Å²) in [5, 5.41) is 2.97. The number of carbonyl (C=O) groups is 2. The third-order valence-electron chi connectivity index (χ3n) is 4.65. The second-order valence-electron chi connectivity index (χ2n) is 7.03. The molecule has 6 heteroatoms. The zero-order chi connectivity index (χ0) is 18.9. The molecular formula is C20H31N3O3. The molecule has 0 aliphatic carbocycles. The first-order valence-corrected chi connectivity index (χ1v) is 9.41. The monoisotopic (exact) mass is 361 g/mol. The van der Waals surface area contributed by atoms with Gasteiger partial charge in [-0.2, -0.15) is 0 Å². The lowest BCUT2D eigenvalue weighted by molar-refractivity contribution is -0.143. The molecule has 0 bridgehead atoms. The minimum absolute atomic E-state index is 0.00955. The molecule has 0 unspecified atom stereocenters. The average Bonchev–Trinajstić information content (AvgIpc) is 2.66. The number of hydrogen-bond donors (Lipinski definition) is 1. The number of morpholine rings is 1. The molecule has 1 aliphatic rings. The van der Waals surface area contributed by atoms with Gasteiger partial charge in [-0.15, -0.1) is 0 Å². The molecule has 1 atom stereocenters. The van der Waals surface area contributed by atoms with Gasteiger partial charge in [0, 0.05) is 38.6 Å². The molecule has 1 aromatic carbocycles. The van der Waals surface area contributed by atoms with Crippen molar-refractivity contribution in [3.8, 4) is 0 Å². The second-order valence-corrected chi connectivity index (χ2v) is 7.03. The molecule has 0 radical (unpaired) electrons. The molecule has 144 valence electrons. The Morgan fingerprint density at radius 2 is 1.81 bits per heavy atom. The smallest absolute Gasteiger partial charge is 0.242 e. The van der Waals surface area contributed by atoms with Crippen LogP contribution in [0.2, 0.25) is 0 Å². The Labute approximate surface area is 156 Å². The Morgan fingerprint density at radius 1 is 1.15 bits per heavy atom. The van der Waals surface area contributed by atoms with E-state index in [1.807, 2.05) is 44.2 Å². The molecule has 0 spiro atoms. The Hall–Kier alpha value is -1.92. The maximum atomic E-state index is 12.6. The van der Waals surface area contributed by atoms with Gasteiger partial charge in [-0.1, -0.05) is 44.2 Å². The van der Waals surface area contributed by atoms with Crippen molar-refractivity contribution >= 4 is 11.8 Å². The fourth-order valence-corrected chi connectivity index (χ4v) is 2.97. The lowest BCUT2D eigenvalue weighted by Gasteiger charge is -2.31. The summed E-state index contributed by atoms with van der Waals surface area (Å²) < 4.78 is 5.33. The van der Waals surface area contributed by atoms with Gasteiger partial charge in [0.05, 0.1) is 13.2 Å². The number of amides is 2. The van der Waals surface area contributed by atoms with E-state index < -0.39 is 6.04 Å². The molecule has 1 N–H and O–H groups in total. The number of hydrogen-bond acceptors (Lipinski definition) is 4. The third kappa shape index (κ3) is 6.11. The van der Waals surface area contributed by atoms with Crippen LogP contribution in [-0.4, -0.2) is 67.0 Å². The number of benzene rings is 1. The lowest BCUT2D eigenvalue weighted by Crippen LogP contribution is -2.50. The molecule has 0 saturated carbocycles. The highest BCUT2D eigenvalue weighted by molar-refractivity contribution is 5.88. The van der Waals surface area contributed by atoms with Crippen LogP contribution < -0.4 is 5.32 Å². The van der Waals surface area contributed by atoms with Gasteiger partial charge in [0.25, 0.3) is 0 Å². The third-order valence-corrected chi connectivity index (χ3v) is 4.65. The minimum Gasteiger partial charge on any atom is -0.379 e. The Kier molecular flexibility index (Phi) is 8.06. The van der Waals surface area contributed by atoms with Crippen LogP contribution in [0.4, 0.5) is 0 Å². The van der Waals surface area contributed by atoms with E-state index in [0.717, 1.165) is 38.4 Å². The molecule has 6 nitrogen and oxygen atoms in total. The highest BCUT2D eigenvalue weighted by Gasteiger charge is 2.27. The molecule has 0 aromatic heterocycles. The topological polar surface area (TPSA) is 61.9 Å². The number of carbonyl (C=O) groups excluding carboxylic acids is 2. The van der Waals surface area contributed by atoms with E-state index in [1.54, 1.807) is 11.8 Å². The fourth-order valence-electron chi connectivity index (χ4n) is 2.97. The molecular weight excluding hydrogens is 330 g/mol. The summed E-state index contributed by atoms with van der Waals surface area (Å²) in [6.07, 6.45) is 0. The van der Waals surface area contributed by atoms with Crippen molar-refractivity contribution in [2.45, 2.75) is 33.4 Å². The Balaban J connectivity index is 1.92. The van der Waals surface area contributed by atoms with Gasteiger partial charge in [0.2, 0.25) is 11.8 Å². The number of nitrogens with zero attached hydrogens (tertiary/aromatic N) is 2. The second kappa shape index (κ2) is 10.3. The van der Waals surface area contributed by atoms with Gasteiger partial charge in [0.15, 0.2) is 0 Å². The van der Waals surface area contributed by atoms with Crippen molar-refractivity contribution in [2.24, 2.45) is 5.92 Å². The molecule has 1 fully saturated rings. The predicted molar refractivity (Wildman–Crippen MR) is 102 cm³/mol. The normalized spacial score (nSPS) is 16.3. The molecule has 2 rings (SSSR count). The minimum atomic E-state index is -0.505. The molecule has 1 aliphatic heterocycles. The first-order chi connectivity index (χ1) is 12.5. The average molecular weight is 361 g/mol. The first-order valence-electron chi connectivity index (χ1n) is 9.41. The Bertz CT molecular complexity index is 571. The van der Waals surface area contributed by atoms with Gasteiger partial charge in [-0.05, 0) is 12.5 Å². The first kappa shape index (κ1) is 20.4. The van der Waals surface area contributed by atoms with Crippen molar-refractivity contribution in [3.63, 3.8) is 0 Å². The largest absolute Gasteiger partial charge is 0.379 e. The van der Waals surface area contributed by atoms with E-state index >= 15 is 0 Å². The highest BCUT2D eigenvalue weighted by atomic mass is 16.5. The summed E-state index contributed by atoms with van der Waals surface area (Å²) in [5.74, 6) is -0.268. The quantitative estimate of drug-likeness (QED) is 0.762. The van der Waals surface area contributed by atoms with Crippen molar-refractivity contribution in [3.05, 3.63) is 35.9 Å².